The van der Waals surface area contributed by atoms with Crippen LogP contribution in [0.4, 0.5) is 0 Å². The largest absolute Gasteiger partial charge is 0.272 e. The van der Waals surface area contributed by atoms with Crippen molar-refractivity contribution < 1.29 is 0 Å². The molecule has 0 spiro atoms. The fourth-order valence-corrected chi connectivity index (χ4v) is 2.98. The maximum absolute atomic E-state index is 4.50. The molecule has 3 heteroatoms. The van der Waals surface area contributed by atoms with Gasteiger partial charge < -0.3 is 0 Å². The predicted molar refractivity (Wildman–Crippen MR) is 73.0 cm³/mol. The molecule has 1 heterocycles. The standard InChI is InChI=1S/C13H23BrN2/c1-6-11-8-12(16(5)15-11)7-10(9-14)13(2,3)4/h8,10H,6-7,9H2,1-5H3. The maximum atomic E-state index is 4.50. The number of rotatable bonds is 4. The van der Waals surface area contributed by atoms with Crippen molar-refractivity contribution in [3.8, 4) is 0 Å². The van der Waals surface area contributed by atoms with Crippen LogP contribution in [0.2, 0.25) is 0 Å². The molecule has 0 aliphatic rings. The minimum Gasteiger partial charge on any atom is -0.272 e. The van der Waals surface area contributed by atoms with Crippen molar-refractivity contribution in [3.63, 3.8) is 0 Å². The van der Waals surface area contributed by atoms with Crippen LogP contribution >= 0.6 is 15.9 Å². The van der Waals surface area contributed by atoms with Gasteiger partial charge in [0.15, 0.2) is 0 Å². The van der Waals surface area contributed by atoms with Crippen LogP contribution in [-0.4, -0.2) is 15.1 Å². The van der Waals surface area contributed by atoms with E-state index in [0.29, 0.717) is 11.3 Å². The number of halogens is 1. The maximum Gasteiger partial charge on any atom is 0.0624 e. The zero-order valence-corrected chi connectivity index (χ0v) is 12.6. The lowest BCUT2D eigenvalue weighted by atomic mass is 9.79. The summed E-state index contributed by atoms with van der Waals surface area (Å²) in [7, 11) is 2.04. The predicted octanol–water partition coefficient (Wildman–Crippen LogP) is 3.58. The van der Waals surface area contributed by atoms with Crippen molar-refractivity contribution in [2.45, 2.75) is 40.5 Å². The molecule has 92 valence electrons. The first-order valence-electron chi connectivity index (χ1n) is 5.96. The van der Waals surface area contributed by atoms with Crippen molar-refractivity contribution in [1.29, 1.82) is 0 Å². The summed E-state index contributed by atoms with van der Waals surface area (Å²) >= 11 is 3.63. The second kappa shape index (κ2) is 5.35. The zero-order valence-electron chi connectivity index (χ0n) is 11.0. The molecule has 0 saturated carbocycles. The monoisotopic (exact) mass is 286 g/mol. The molecule has 0 aliphatic carbocycles. The molecule has 0 amide bonds. The molecule has 0 N–H and O–H groups in total. The Bertz CT molecular complexity index is 336. The Morgan fingerprint density at radius 2 is 2.06 bits per heavy atom. The number of alkyl halides is 1. The second-order valence-electron chi connectivity index (χ2n) is 5.53. The Balaban J connectivity index is 2.82. The lowest BCUT2D eigenvalue weighted by Gasteiger charge is -2.29. The van der Waals surface area contributed by atoms with E-state index in [1.165, 1.54) is 11.4 Å². The van der Waals surface area contributed by atoms with E-state index < -0.39 is 0 Å². The molecular weight excluding hydrogens is 264 g/mol. The molecule has 2 nitrogen and oxygen atoms in total. The molecule has 0 aliphatic heterocycles. The Morgan fingerprint density at radius 3 is 2.44 bits per heavy atom. The SMILES string of the molecule is CCc1cc(CC(CBr)C(C)(C)C)n(C)n1. The Morgan fingerprint density at radius 1 is 1.44 bits per heavy atom. The zero-order chi connectivity index (χ0) is 12.3. The summed E-state index contributed by atoms with van der Waals surface area (Å²) in [5.74, 6) is 0.646. The first kappa shape index (κ1) is 13.8. The molecule has 0 aromatic carbocycles. The van der Waals surface area contributed by atoms with Gasteiger partial charge in [0.1, 0.15) is 0 Å². The van der Waals surface area contributed by atoms with Gasteiger partial charge in [0, 0.05) is 18.1 Å². The Kier molecular flexibility index (Phi) is 4.60. The normalized spacial score (nSPS) is 14.1. The highest BCUT2D eigenvalue weighted by molar-refractivity contribution is 9.09. The van der Waals surface area contributed by atoms with E-state index in [-0.39, 0.29) is 0 Å². The lowest BCUT2D eigenvalue weighted by molar-refractivity contribution is 0.263. The van der Waals surface area contributed by atoms with Gasteiger partial charge in [-0.1, -0.05) is 43.6 Å². The molecule has 16 heavy (non-hydrogen) atoms. The fourth-order valence-electron chi connectivity index (χ4n) is 1.78. The molecule has 0 saturated heterocycles. The molecule has 1 rings (SSSR count). The number of hydrogen-bond donors (Lipinski definition) is 0. The van der Waals surface area contributed by atoms with Crippen molar-refractivity contribution in [2.75, 3.05) is 5.33 Å². The van der Waals surface area contributed by atoms with Gasteiger partial charge in [0.25, 0.3) is 0 Å². The number of aryl methyl sites for hydroxylation is 2. The van der Waals surface area contributed by atoms with Crippen molar-refractivity contribution in [2.24, 2.45) is 18.4 Å². The highest BCUT2D eigenvalue weighted by Crippen LogP contribution is 2.30. The van der Waals surface area contributed by atoms with E-state index in [0.717, 1.165) is 18.2 Å². The lowest BCUT2D eigenvalue weighted by Crippen LogP contribution is -2.24. The first-order valence-corrected chi connectivity index (χ1v) is 7.08. The quantitative estimate of drug-likeness (QED) is 0.774. The van der Waals surface area contributed by atoms with Crippen LogP contribution < -0.4 is 0 Å². The molecule has 0 fully saturated rings. The summed E-state index contributed by atoms with van der Waals surface area (Å²) < 4.78 is 2.03. The summed E-state index contributed by atoms with van der Waals surface area (Å²) in [5, 5.41) is 5.54. The van der Waals surface area contributed by atoms with Crippen LogP contribution in [0.25, 0.3) is 0 Å². The van der Waals surface area contributed by atoms with Crippen molar-refractivity contribution >= 4 is 15.9 Å². The summed E-state index contributed by atoms with van der Waals surface area (Å²) in [5.41, 5.74) is 2.87. The topological polar surface area (TPSA) is 17.8 Å². The molecule has 0 radical (unpaired) electrons. The van der Waals surface area contributed by atoms with E-state index in [1.54, 1.807) is 0 Å². The molecule has 1 atom stereocenters. The van der Waals surface area contributed by atoms with E-state index in [2.05, 4.69) is 54.8 Å². The molecule has 1 aromatic heterocycles. The average Bonchev–Trinajstić information content (AvgIpc) is 2.54. The second-order valence-corrected chi connectivity index (χ2v) is 6.17. The third-order valence-corrected chi connectivity index (χ3v) is 4.04. The highest BCUT2D eigenvalue weighted by Gasteiger charge is 2.24. The van der Waals surface area contributed by atoms with Crippen LogP contribution in [0.3, 0.4) is 0 Å². The molecule has 1 aromatic rings. The third kappa shape index (κ3) is 3.34. The Labute approximate surface area is 108 Å². The van der Waals surface area contributed by atoms with E-state index >= 15 is 0 Å². The number of hydrogen-bond acceptors (Lipinski definition) is 1. The van der Waals surface area contributed by atoms with Crippen LogP contribution in [0.5, 0.6) is 0 Å². The smallest absolute Gasteiger partial charge is 0.0624 e. The minimum atomic E-state index is 0.333. The Hall–Kier alpha value is -0.310. The molecule has 1 unspecified atom stereocenters. The van der Waals surface area contributed by atoms with Gasteiger partial charge in [-0.05, 0) is 30.2 Å². The minimum absolute atomic E-state index is 0.333. The molecular formula is C13H23BrN2. The fraction of sp³-hybridized carbons (Fsp3) is 0.769. The first-order chi connectivity index (χ1) is 7.38. The van der Waals surface area contributed by atoms with Gasteiger partial charge in [0.2, 0.25) is 0 Å². The summed E-state index contributed by atoms with van der Waals surface area (Å²) in [6, 6.07) is 2.24. The van der Waals surface area contributed by atoms with Gasteiger partial charge >= 0.3 is 0 Å². The summed E-state index contributed by atoms with van der Waals surface area (Å²) in [6.45, 7) is 9.06. The average molecular weight is 287 g/mol. The van der Waals surface area contributed by atoms with Crippen molar-refractivity contribution in [1.82, 2.24) is 9.78 Å². The van der Waals surface area contributed by atoms with Gasteiger partial charge in [-0.3, -0.25) is 4.68 Å². The number of aromatic nitrogens is 2. The van der Waals surface area contributed by atoms with Gasteiger partial charge in [-0.2, -0.15) is 5.10 Å². The van der Waals surface area contributed by atoms with Crippen LogP contribution in [0.1, 0.15) is 39.1 Å². The highest BCUT2D eigenvalue weighted by atomic mass is 79.9. The summed E-state index contributed by atoms with van der Waals surface area (Å²) in [6.07, 6.45) is 2.11. The van der Waals surface area contributed by atoms with Crippen LogP contribution in [0.15, 0.2) is 6.07 Å². The summed E-state index contributed by atoms with van der Waals surface area (Å²) in [4.78, 5) is 0. The van der Waals surface area contributed by atoms with E-state index in [9.17, 15) is 0 Å². The molecule has 0 bridgehead atoms. The van der Waals surface area contributed by atoms with Crippen molar-refractivity contribution in [3.05, 3.63) is 17.5 Å². The van der Waals surface area contributed by atoms with E-state index in [4.69, 9.17) is 0 Å². The number of nitrogens with zero attached hydrogens (tertiary/aromatic N) is 2. The third-order valence-electron chi connectivity index (χ3n) is 3.26. The van der Waals surface area contributed by atoms with E-state index in [1.807, 2.05) is 11.7 Å². The van der Waals surface area contributed by atoms with Crippen LogP contribution in [-0.2, 0) is 19.9 Å². The van der Waals surface area contributed by atoms with Gasteiger partial charge in [-0.25, -0.2) is 0 Å². The van der Waals surface area contributed by atoms with Gasteiger partial charge in [0.05, 0.1) is 5.69 Å². The van der Waals surface area contributed by atoms with Gasteiger partial charge in [-0.15, -0.1) is 0 Å². The van der Waals surface area contributed by atoms with Crippen LogP contribution in [0, 0.1) is 11.3 Å².